The molecule has 62 valence electrons. The molecule has 1 atom stereocenters. The van der Waals surface area contributed by atoms with Crippen LogP contribution in [-0.2, 0) is 10.8 Å². The van der Waals surface area contributed by atoms with Crippen molar-refractivity contribution in [1.29, 1.82) is 5.26 Å². The molecule has 0 unspecified atom stereocenters. The molecule has 0 aromatic heterocycles. The quantitative estimate of drug-likeness (QED) is 0.692. The highest BCUT2D eigenvalue weighted by Crippen LogP contribution is 2.07. The van der Waals surface area contributed by atoms with Gasteiger partial charge in [-0.3, -0.25) is 4.21 Å². The zero-order valence-corrected chi connectivity index (χ0v) is 7.60. The van der Waals surface area contributed by atoms with E-state index in [1.54, 1.807) is 12.1 Å². The van der Waals surface area contributed by atoms with Crippen LogP contribution in [0.4, 0.5) is 0 Å². The van der Waals surface area contributed by atoms with E-state index < -0.39 is 10.8 Å². The van der Waals surface area contributed by atoms with Gasteiger partial charge in [-0.05, 0) is 19.1 Å². The molecule has 0 aliphatic rings. The summed E-state index contributed by atoms with van der Waals surface area (Å²) in [4.78, 5) is 0.724. The Bertz CT molecular complexity index is 323. The molecule has 0 fully saturated rings. The fourth-order valence-electron chi connectivity index (χ4n) is 0.832. The van der Waals surface area contributed by atoms with Gasteiger partial charge in [0, 0.05) is 4.90 Å². The largest absolute Gasteiger partial charge is 0.253 e. The average Bonchev–Trinajstić information content (AvgIpc) is 2.06. The second-order valence-electron chi connectivity index (χ2n) is 2.46. The molecule has 0 aliphatic carbocycles. The predicted molar refractivity (Wildman–Crippen MR) is 48.1 cm³/mol. The average molecular weight is 179 g/mol. The van der Waals surface area contributed by atoms with Crippen LogP contribution in [0.1, 0.15) is 5.56 Å². The lowest BCUT2D eigenvalue weighted by atomic mass is 10.2. The maximum atomic E-state index is 11.2. The van der Waals surface area contributed by atoms with Crippen molar-refractivity contribution in [2.75, 3.05) is 5.75 Å². The summed E-state index contributed by atoms with van der Waals surface area (Å²) >= 11 is 0. The number of rotatable bonds is 2. The molecule has 0 aliphatic heterocycles. The van der Waals surface area contributed by atoms with Gasteiger partial charge in [0.25, 0.3) is 0 Å². The highest BCUT2D eigenvalue weighted by atomic mass is 32.2. The molecule has 0 radical (unpaired) electrons. The Labute approximate surface area is 74.3 Å². The summed E-state index contributed by atoms with van der Waals surface area (Å²) in [6, 6.07) is 9.26. The van der Waals surface area contributed by atoms with Gasteiger partial charge in [-0.15, -0.1) is 0 Å². The Kier molecular flexibility index (Phi) is 3.01. The number of nitrogens with zero attached hydrogens (tertiary/aromatic N) is 1. The predicted octanol–water partition coefficient (Wildman–Crippen LogP) is 1.63. The first-order valence-electron chi connectivity index (χ1n) is 3.56. The van der Waals surface area contributed by atoms with Crippen LogP contribution in [0.25, 0.3) is 0 Å². The van der Waals surface area contributed by atoms with Crippen molar-refractivity contribution < 1.29 is 4.21 Å². The molecule has 0 bridgehead atoms. The molecule has 0 saturated carbocycles. The fraction of sp³-hybridized carbons (Fsp3) is 0.222. The molecular weight excluding hydrogens is 170 g/mol. The standard InChI is InChI=1S/C9H9NOS/c1-8-2-4-9(5-3-8)12(11)7-6-10/h2-5H,7H2,1H3/t12-/m1/s1. The molecular formula is C9H9NOS. The van der Waals surface area contributed by atoms with E-state index in [4.69, 9.17) is 5.26 Å². The van der Waals surface area contributed by atoms with Crippen LogP contribution in [0.15, 0.2) is 29.2 Å². The molecule has 1 aromatic rings. The van der Waals surface area contributed by atoms with Gasteiger partial charge in [-0.1, -0.05) is 17.7 Å². The summed E-state index contributed by atoms with van der Waals surface area (Å²) in [7, 11) is -1.15. The normalized spacial score (nSPS) is 12.0. The van der Waals surface area contributed by atoms with Crippen LogP contribution in [0, 0.1) is 18.3 Å². The first-order chi connectivity index (χ1) is 5.74. The van der Waals surface area contributed by atoms with E-state index in [0.717, 1.165) is 10.5 Å². The summed E-state index contributed by atoms with van der Waals surface area (Å²) in [6.07, 6.45) is 0. The van der Waals surface area contributed by atoms with Crippen LogP contribution in [0.2, 0.25) is 0 Å². The van der Waals surface area contributed by atoms with Crippen molar-refractivity contribution >= 4 is 10.8 Å². The van der Waals surface area contributed by atoms with Crippen LogP contribution < -0.4 is 0 Å². The topological polar surface area (TPSA) is 40.9 Å². The SMILES string of the molecule is Cc1ccc([S@](=O)CC#N)cc1. The smallest absolute Gasteiger partial charge is 0.115 e. The Morgan fingerprint density at radius 2 is 2.00 bits per heavy atom. The third kappa shape index (κ3) is 2.18. The van der Waals surface area contributed by atoms with Gasteiger partial charge in [0.2, 0.25) is 0 Å². The maximum absolute atomic E-state index is 11.2. The fourth-order valence-corrected chi connectivity index (χ4v) is 1.56. The van der Waals surface area contributed by atoms with E-state index in [9.17, 15) is 4.21 Å². The van der Waals surface area contributed by atoms with E-state index in [0.29, 0.717) is 0 Å². The van der Waals surface area contributed by atoms with Crippen molar-refractivity contribution in [3.63, 3.8) is 0 Å². The highest BCUT2D eigenvalue weighted by molar-refractivity contribution is 7.85. The Balaban J connectivity index is 2.84. The number of hydrogen-bond donors (Lipinski definition) is 0. The van der Waals surface area contributed by atoms with Gasteiger partial charge in [0.1, 0.15) is 5.75 Å². The van der Waals surface area contributed by atoms with E-state index in [2.05, 4.69) is 0 Å². The molecule has 2 nitrogen and oxygen atoms in total. The first-order valence-corrected chi connectivity index (χ1v) is 4.88. The Morgan fingerprint density at radius 1 is 1.42 bits per heavy atom. The van der Waals surface area contributed by atoms with E-state index in [1.807, 2.05) is 25.1 Å². The molecule has 0 spiro atoms. The summed E-state index contributed by atoms with van der Waals surface area (Å²) in [6.45, 7) is 1.97. The number of aryl methyl sites for hydroxylation is 1. The van der Waals surface area contributed by atoms with E-state index in [-0.39, 0.29) is 5.75 Å². The number of benzene rings is 1. The van der Waals surface area contributed by atoms with Crippen LogP contribution >= 0.6 is 0 Å². The van der Waals surface area contributed by atoms with E-state index in [1.165, 1.54) is 0 Å². The summed E-state index contributed by atoms with van der Waals surface area (Å²) < 4.78 is 11.2. The third-order valence-corrected chi connectivity index (χ3v) is 2.67. The maximum Gasteiger partial charge on any atom is 0.115 e. The van der Waals surface area contributed by atoms with Crippen molar-refractivity contribution in [2.24, 2.45) is 0 Å². The molecule has 1 rings (SSSR count). The van der Waals surface area contributed by atoms with Gasteiger partial charge in [0.05, 0.1) is 16.9 Å². The molecule has 0 saturated heterocycles. The molecule has 0 N–H and O–H groups in total. The highest BCUT2D eigenvalue weighted by Gasteiger charge is 2.00. The molecule has 3 heteroatoms. The monoisotopic (exact) mass is 179 g/mol. The van der Waals surface area contributed by atoms with Crippen molar-refractivity contribution in [3.05, 3.63) is 29.8 Å². The summed E-state index contributed by atoms with van der Waals surface area (Å²) in [5.74, 6) is 0.0725. The minimum atomic E-state index is -1.15. The van der Waals surface area contributed by atoms with Crippen LogP contribution in [0.3, 0.4) is 0 Å². The van der Waals surface area contributed by atoms with Crippen molar-refractivity contribution in [3.8, 4) is 6.07 Å². The van der Waals surface area contributed by atoms with Gasteiger partial charge in [-0.2, -0.15) is 5.26 Å². The lowest BCUT2D eigenvalue weighted by Gasteiger charge is -1.97. The summed E-state index contributed by atoms with van der Waals surface area (Å²) in [5, 5.41) is 8.31. The first kappa shape index (κ1) is 8.95. The molecule has 0 amide bonds. The van der Waals surface area contributed by atoms with Gasteiger partial charge in [-0.25, -0.2) is 0 Å². The van der Waals surface area contributed by atoms with Crippen LogP contribution in [-0.4, -0.2) is 9.96 Å². The van der Waals surface area contributed by atoms with Crippen molar-refractivity contribution in [1.82, 2.24) is 0 Å². The zero-order chi connectivity index (χ0) is 8.97. The summed E-state index contributed by atoms with van der Waals surface area (Å²) in [5.41, 5.74) is 1.13. The van der Waals surface area contributed by atoms with Crippen molar-refractivity contribution in [2.45, 2.75) is 11.8 Å². The van der Waals surface area contributed by atoms with E-state index >= 15 is 0 Å². The molecule has 1 aromatic carbocycles. The Morgan fingerprint density at radius 3 is 2.50 bits per heavy atom. The minimum Gasteiger partial charge on any atom is -0.253 e. The van der Waals surface area contributed by atoms with Crippen LogP contribution in [0.5, 0.6) is 0 Å². The zero-order valence-electron chi connectivity index (χ0n) is 6.78. The molecule has 12 heavy (non-hydrogen) atoms. The number of nitriles is 1. The van der Waals surface area contributed by atoms with Gasteiger partial charge < -0.3 is 0 Å². The lowest BCUT2D eigenvalue weighted by Crippen LogP contribution is -1.94. The Hall–Kier alpha value is -1.14. The second-order valence-corrected chi connectivity index (χ2v) is 3.91. The second kappa shape index (κ2) is 4.03. The van der Waals surface area contributed by atoms with Gasteiger partial charge in [0.15, 0.2) is 0 Å². The lowest BCUT2D eigenvalue weighted by molar-refractivity contribution is 0.685. The number of hydrogen-bond acceptors (Lipinski definition) is 2. The van der Waals surface area contributed by atoms with Gasteiger partial charge >= 0.3 is 0 Å². The third-order valence-electron chi connectivity index (χ3n) is 1.48. The molecule has 0 heterocycles. The minimum absolute atomic E-state index is 0.0725.